The molecule has 0 unspecified atom stereocenters. The Morgan fingerprint density at radius 3 is 2.88 bits per heavy atom. The minimum absolute atomic E-state index is 0.0776. The fourth-order valence-electron chi connectivity index (χ4n) is 1.35. The number of ketones is 1. The number of carbonyl (C=O) groups excluding carboxylic acids is 1. The van der Waals surface area contributed by atoms with E-state index in [0.717, 1.165) is 10.0 Å². The van der Waals surface area contributed by atoms with Gasteiger partial charge >= 0.3 is 0 Å². The summed E-state index contributed by atoms with van der Waals surface area (Å²) < 4.78 is 0.845. The van der Waals surface area contributed by atoms with Crippen LogP contribution in [0.2, 0.25) is 0 Å². The number of H-pyrrole nitrogens is 1. The molecule has 2 aromatic rings. The lowest BCUT2D eigenvalue weighted by Crippen LogP contribution is -2.05. The van der Waals surface area contributed by atoms with Gasteiger partial charge in [-0.15, -0.1) is 0 Å². The first-order valence-electron chi connectivity index (χ1n) is 4.58. The average molecular weight is 281 g/mol. The minimum atomic E-state index is -0.0776. The number of nitrogen functional groups attached to an aromatic ring is 1. The van der Waals surface area contributed by atoms with E-state index in [4.69, 9.17) is 5.73 Å². The second-order valence-corrected chi connectivity index (χ2v) is 4.22. The van der Waals surface area contributed by atoms with Crippen LogP contribution < -0.4 is 5.73 Å². The summed E-state index contributed by atoms with van der Waals surface area (Å²) in [6.45, 7) is 0. The zero-order valence-corrected chi connectivity index (χ0v) is 9.86. The van der Waals surface area contributed by atoms with Crippen molar-refractivity contribution in [1.82, 2.24) is 15.2 Å². The van der Waals surface area contributed by atoms with Crippen LogP contribution in [0.4, 0.5) is 5.82 Å². The molecular weight excluding hydrogens is 272 g/mol. The summed E-state index contributed by atoms with van der Waals surface area (Å²) in [5.41, 5.74) is 6.81. The number of nitrogens with one attached hydrogen (secondary N) is 1. The van der Waals surface area contributed by atoms with Crippen molar-refractivity contribution in [3.05, 3.63) is 40.3 Å². The molecule has 3 N–H and O–H groups in total. The van der Waals surface area contributed by atoms with Gasteiger partial charge in [-0.3, -0.25) is 14.9 Å². The van der Waals surface area contributed by atoms with Crippen LogP contribution in [0.25, 0.3) is 0 Å². The van der Waals surface area contributed by atoms with Crippen LogP contribution in [-0.4, -0.2) is 21.0 Å². The van der Waals surface area contributed by atoms with Gasteiger partial charge in [-0.25, -0.2) is 0 Å². The summed E-state index contributed by atoms with van der Waals surface area (Å²) in [5, 5.41) is 6.23. The molecule has 5 nitrogen and oxygen atoms in total. The second-order valence-electron chi connectivity index (χ2n) is 3.31. The van der Waals surface area contributed by atoms with E-state index in [1.165, 1.54) is 6.20 Å². The monoisotopic (exact) mass is 280 g/mol. The number of carbonyl (C=O) groups is 1. The molecule has 0 bridgehead atoms. The molecule has 16 heavy (non-hydrogen) atoms. The topological polar surface area (TPSA) is 84.7 Å². The van der Waals surface area contributed by atoms with Gasteiger partial charge in [0.15, 0.2) is 5.78 Å². The van der Waals surface area contributed by atoms with Gasteiger partial charge in [-0.05, 0) is 27.6 Å². The van der Waals surface area contributed by atoms with E-state index in [1.807, 2.05) is 6.07 Å². The van der Waals surface area contributed by atoms with E-state index < -0.39 is 0 Å². The lowest BCUT2D eigenvalue weighted by Gasteiger charge is -2.00. The summed E-state index contributed by atoms with van der Waals surface area (Å²) in [5.74, 6) is 0.221. The zero-order valence-electron chi connectivity index (χ0n) is 8.27. The number of aromatic nitrogens is 3. The number of halogens is 1. The molecule has 0 aliphatic rings. The van der Waals surface area contributed by atoms with Crippen LogP contribution >= 0.6 is 15.9 Å². The Bertz CT molecular complexity index is 523. The van der Waals surface area contributed by atoms with Crippen LogP contribution in [0.15, 0.2) is 29.1 Å². The van der Waals surface area contributed by atoms with Crippen molar-refractivity contribution >= 4 is 27.5 Å². The number of nitrogens with zero attached hydrogens (tertiary/aromatic N) is 2. The molecule has 0 radical (unpaired) electrons. The van der Waals surface area contributed by atoms with E-state index in [-0.39, 0.29) is 12.2 Å². The predicted octanol–water partition coefficient (Wildman–Crippen LogP) is 1.57. The van der Waals surface area contributed by atoms with Crippen LogP contribution in [0.5, 0.6) is 0 Å². The molecule has 0 saturated carbocycles. The van der Waals surface area contributed by atoms with Gasteiger partial charge in [-0.1, -0.05) is 0 Å². The lowest BCUT2D eigenvalue weighted by atomic mass is 10.1. The first kappa shape index (κ1) is 10.8. The molecule has 0 amide bonds. The first-order chi connectivity index (χ1) is 7.66. The summed E-state index contributed by atoms with van der Waals surface area (Å²) in [7, 11) is 0. The Kier molecular flexibility index (Phi) is 3.00. The van der Waals surface area contributed by atoms with E-state index >= 15 is 0 Å². The molecule has 0 aliphatic carbocycles. The predicted molar refractivity (Wildman–Crippen MR) is 63.0 cm³/mol. The Labute approximate surface area is 100 Å². The van der Waals surface area contributed by atoms with E-state index in [2.05, 4.69) is 31.1 Å². The number of hydrogen-bond donors (Lipinski definition) is 2. The van der Waals surface area contributed by atoms with Gasteiger partial charge in [0.1, 0.15) is 5.82 Å². The molecule has 0 aromatic carbocycles. The number of rotatable bonds is 3. The Balaban J connectivity index is 2.17. The third-order valence-corrected chi connectivity index (χ3v) is 2.53. The number of pyridine rings is 1. The largest absolute Gasteiger partial charge is 0.383 e. The molecule has 0 atom stereocenters. The first-order valence-corrected chi connectivity index (χ1v) is 5.37. The smallest absolute Gasteiger partial charge is 0.172 e. The quantitative estimate of drug-likeness (QED) is 0.836. The van der Waals surface area contributed by atoms with Crippen molar-refractivity contribution in [1.29, 1.82) is 0 Å². The van der Waals surface area contributed by atoms with E-state index in [9.17, 15) is 4.79 Å². The van der Waals surface area contributed by atoms with Gasteiger partial charge in [0.05, 0.1) is 11.8 Å². The number of Topliss-reactive ketones (excluding diaryl/α,β-unsaturated/α-hetero) is 1. The van der Waals surface area contributed by atoms with Crippen molar-refractivity contribution in [2.45, 2.75) is 6.42 Å². The van der Waals surface area contributed by atoms with E-state index in [1.54, 1.807) is 12.4 Å². The Morgan fingerprint density at radius 1 is 1.44 bits per heavy atom. The number of hydrogen-bond acceptors (Lipinski definition) is 4. The highest BCUT2D eigenvalue weighted by molar-refractivity contribution is 9.10. The van der Waals surface area contributed by atoms with Crippen LogP contribution in [0, 0.1) is 0 Å². The standard InChI is InChI=1S/C10H9BrN4O/c11-7-1-6(3-13-4-7)2-9(16)8-5-14-15-10(8)12/h1,3-5H,2H2,(H3,12,14,15). The summed E-state index contributed by atoms with van der Waals surface area (Å²) in [6, 6.07) is 1.85. The highest BCUT2D eigenvalue weighted by atomic mass is 79.9. The Morgan fingerprint density at radius 2 is 2.25 bits per heavy atom. The van der Waals surface area contributed by atoms with Gasteiger partial charge < -0.3 is 5.73 Å². The van der Waals surface area contributed by atoms with Crippen molar-refractivity contribution < 1.29 is 4.79 Å². The molecule has 82 valence electrons. The van der Waals surface area contributed by atoms with Crippen molar-refractivity contribution in [3.63, 3.8) is 0 Å². The summed E-state index contributed by atoms with van der Waals surface area (Å²) >= 11 is 3.30. The van der Waals surface area contributed by atoms with Crippen molar-refractivity contribution in [2.24, 2.45) is 0 Å². The maximum Gasteiger partial charge on any atom is 0.172 e. The lowest BCUT2D eigenvalue weighted by molar-refractivity contribution is 0.0994. The highest BCUT2D eigenvalue weighted by Crippen LogP contribution is 2.14. The zero-order chi connectivity index (χ0) is 11.5. The molecule has 0 fully saturated rings. The molecule has 0 aliphatic heterocycles. The molecular formula is C10H9BrN4O. The fraction of sp³-hybridized carbons (Fsp3) is 0.100. The normalized spacial score (nSPS) is 10.3. The summed E-state index contributed by atoms with van der Waals surface area (Å²) in [4.78, 5) is 15.8. The third kappa shape index (κ3) is 2.27. The SMILES string of the molecule is Nc1[nH]ncc1C(=O)Cc1cncc(Br)c1. The Hall–Kier alpha value is -1.69. The molecule has 0 spiro atoms. The van der Waals surface area contributed by atoms with Gasteiger partial charge in [0.2, 0.25) is 0 Å². The number of nitrogens with two attached hydrogens (primary N) is 1. The maximum absolute atomic E-state index is 11.8. The third-order valence-electron chi connectivity index (χ3n) is 2.10. The van der Waals surface area contributed by atoms with Crippen molar-refractivity contribution in [3.8, 4) is 0 Å². The van der Waals surface area contributed by atoms with Gasteiger partial charge in [-0.2, -0.15) is 5.10 Å². The van der Waals surface area contributed by atoms with E-state index in [0.29, 0.717) is 11.4 Å². The second kappa shape index (κ2) is 4.44. The van der Waals surface area contributed by atoms with Gasteiger partial charge in [0, 0.05) is 23.3 Å². The molecule has 2 aromatic heterocycles. The average Bonchev–Trinajstić information content (AvgIpc) is 2.64. The van der Waals surface area contributed by atoms with Crippen LogP contribution in [0.1, 0.15) is 15.9 Å². The molecule has 0 saturated heterocycles. The van der Waals surface area contributed by atoms with Crippen LogP contribution in [-0.2, 0) is 6.42 Å². The highest BCUT2D eigenvalue weighted by Gasteiger charge is 2.12. The summed E-state index contributed by atoms with van der Waals surface area (Å²) in [6.07, 6.45) is 5.01. The minimum Gasteiger partial charge on any atom is -0.383 e. The fourth-order valence-corrected chi connectivity index (χ4v) is 1.76. The maximum atomic E-state index is 11.8. The van der Waals surface area contributed by atoms with Crippen molar-refractivity contribution in [2.75, 3.05) is 5.73 Å². The number of aromatic amines is 1. The molecule has 2 rings (SSSR count). The molecule has 2 heterocycles. The van der Waals surface area contributed by atoms with Crippen LogP contribution in [0.3, 0.4) is 0 Å². The molecule has 6 heteroatoms. The van der Waals surface area contributed by atoms with Gasteiger partial charge in [0.25, 0.3) is 0 Å². The number of anilines is 1.